The van der Waals surface area contributed by atoms with Crippen LogP contribution in [-0.4, -0.2) is 36.0 Å². The first kappa shape index (κ1) is 24.7. The molecule has 0 aliphatic carbocycles. The molecule has 0 bridgehead atoms. The van der Waals surface area contributed by atoms with Gasteiger partial charge in [-0.3, -0.25) is 4.79 Å². The summed E-state index contributed by atoms with van der Waals surface area (Å²) >= 11 is 0. The summed E-state index contributed by atoms with van der Waals surface area (Å²) in [5.74, 6) is -1.45. The van der Waals surface area contributed by atoms with Gasteiger partial charge in [0.25, 0.3) is 0 Å². The van der Waals surface area contributed by atoms with Gasteiger partial charge in [0, 0.05) is 23.0 Å². The predicted octanol–water partition coefficient (Wildman–Crippen LogP) is 5.68. The maximum absolute atomic E-state index is 13.3. The van der Waals surface area contributed by atoms with Crippen LogP contribution in [0.3, 0.4) is 0 Å². The van der Waals surface area contributed by atoms with E-state index < -0.39 is 11.9 Å². The molecule has 182 valence electrons. The Morgan fingerprint density at radius 3 is 2.19 bits per heavy atom. The maximum Gasteiger partial charge on any atom is 0.355 e. The molecule has 1 heterocycles. The minimum absolute atomic E-state index is 0.0306. The zero-order chi connectivity index (χ0) is 25.7. The summed E-state index contributed by atoms with van der Waals surface area (Å²) in [6.45, 7) is 3.88. The van der Waals surface area contributed by atoms with Gasteiger partial charge in [-0.25, -0.2) is 9.59 Å². The molecule has 0 atom stereocenters. The van der Waals surface area contributed by atoms with Crippen LogP contribution in [0.4, 0.5) is 0 Å². The molecule has 0 N–H and O–H groups in total. The van der Waals surface area contributed by atoms with Crippen LogP contribution in [0.15, 0.2) is 84.4 Å². The van der Waals surface area contributed by atoms with E-state index in [1.54, 1.807) is 19.1 Å². The molecule has 6 nitrogen and oxygen atoms in total. The van der Waals surface area contributed by atoms with Crippen molar-refractivity contribution in [2.24, 2.45) is 0 Å². The zero-order valence-corrected chi connectivity index (χ0v) is 20.5. The van der Waals surface area contributed by atoms with Gasteiger partial charge < -0.3 is 14.0 Å². The van der Waals surface area contributed by atoms with Gasteiger partial charge in [0.15, 0.2) is 5.78 Å². The molecule has 0 radical (unpaired) electrons. The van der Waals surface area contributed by atoms with Gasteiger partial charge in [-0.2, -0.15) is 0 Å². The van der Waals surface area contributed by atoms with Crippen molar-refractivity contribution in [3.63, 3.8) is 0 Å². The van der Waals surface area contributed by atoms with Crippen LogP contribution >= 0.6 is 0 Å². The molecule has 0 unspecified atom stereocenters. The number of nitrogens with zero attached hydrogens (tertiary/aromatic N) is 1. The quantitative estimate of drug-likeness (QED) is 0.140. The number of carbonyl (C=O) groups is 3. The highest BCUT2D eigenvalue weighted by Gasteiger charge is 2.25. The standard InChI is InChI=1S/C30H27NO5/c1-4-36-30(34)28-27(23-16-14-21(15-17-23)18-25(20(2)32)29(33)35-3)24-12-8-9-13-26(24)31(28)19-22-10-6-5-7-11-22/h5-18H,4,19H2,1-3H3. The van der Waals surface area contributed by atoms with Gasteiger partial charge in [0.2, 0.25) is 0 Å². The summed E-state index contributed by atoms with van der Waals surface area (Å²) < 4.78 is 12.2. The Labute approximate surface area is 209 Å². The first-order valence-electron chi connectivity index (χ1n) is 11.7. The minimum atomic E-state index is -0.680. The van der Waals surface area contributed by atoms with E-state index in [9.17, 15) is 14.4 Å². The van der Waals surface area contributed by atoms with Crippen molar-refractivity contribution >= 4 is 34.7 Å². The molecule has 36 heavy (non-hydrogen) atoms. The molecule has 4 aromatic rings. The third-order valence-corrected chi connectivity index (χ3v) is 5.92. The van der Waals surface area contributed by atoms with Crippen LogP contribution in [0.25, 0.3) is 28.1 Å². The average Bonchev–Trinajstić information content (AvgIpc) is 3.22. The fourth-order valence-corrected chi connectivity index (χ4v) is 4.26. The zero-order valence-electron chi connectivity index (χ0n) is 20.5. The number of rotatable bonds is 8. The number of hydrogen-bond acceptors (Lipinski definition) is 5. The normalized spacial score (nSPS) is 11.4. The average molecular weight is 482 g/mol. The lowest BCUT2D eigenvalue weighted by Crippen LogP contribution is -2.14. The van der Waals surface area contributed by atoms with Gasteiger partial charge in [0.1, 0.15) is 11.3 Å². The number of hydrogen-bond donors (Lipinski definition) is 0. The van der Waals surface area contributed by atoms with E-state index in [0.29, 0.717) is 17.8 Å². The molecule has 3 aromatic carbocycles. The smallest absolute Gasteiger partial charge is 0.355 e. The van der Waals surface area contributed by atoms with Gasteiger partial charge in [-0.15, -0.1) is 0 Å². The van der Waals surface area contributed by atoms with Crippen molar-refractivity contribution in [2.75, 3.05) is 13.7 Å². The summed E-state index contributed by atoms with van der Waals surface area (Å²) in [4.78, 5) is 37.1. The fourth-order valence-electron chi connectivity index (χ4n) is 4.26. The van der Waals surface area contributed by atoms with Crippen molar-refractivity contribution < 1.29 is 23.9 Å². The molecule has 0 aliphatic heterocycles. The van der Waals surface area contributed by atoms with E-state index in [0.717, 1.165) is 27.6 Å². The van der Waals surface area contributed by atoms with Gasteiger partial charge in [-0.05, 0) is 42.7 Å². The van der Waals surface area contributed by atoms with Gasteiger partial charge in [-0.1, -0.05) is 72.8 Å². The van der Waals surface area contributed by atoms with E-state index in [1.807, 2.05) is 71.3 Å². The second-order valence-corrected chi connectivity index (χ2v) is 8.26. The van der Waals surface area contributed by atoms with E-state index in [2.05, 4.69) is 0 Å². The fraction of sp³-hybridized carbons (Fsp3) is 0.167. The lowest BCUT2D eigenvalue weighted by Gasteiger charge is -2.12. The van der Waals surface area contributed by atoms with Crippen molar-refractivity contribution in [3.8, 4) is 11.1 Å². The second-order valence-electron chi connectivity index (χ2n) is 8.26. The molecular weight excluding hydrogens is 454 g/mol. The number of aromatic nitrogens is 1. The van der Waals surface area contributed by atoms with E-state index in [4.69, 9.17) is 9.47 Å². The third kappa shape index (κ3) is 4.98. The molecule has 1 aromatic heterocycles. The molecule has 0 saturated heterocycles. The SMILES string of the molecule is CCOC(=O)c1c(-c2ccc(C=C(C(C)=O)C(=O)OC)cc2)c2ccccc2n1Cc1ccccc1. The number of fused-ring (bicyclic) bond motifs is 1. The molecule has 4 rings (SSSR count). The van der Waals surface area contributed by atoms with Gasteiger partial charge >= 0.3 is 11.9 Å². The number of ketones is 1. The molecular formula is C30H27NO5. The van der Waals surface area contributed by atoms with Crippen LogP contribution in [0.5, 0.6) is 0 Å². The summed E-state index contributed by atoms with van der Waals surface area (Å²) in [5.41, 5.74) is 4.69. The van der Waals surface area contributed by atoms with E-state index >= 15 is 0 Å². The van der Waals surface area contributed by atoms with Crippen LogP contribution in [0.2, 0.25) is 0 Å². The molecule has 0 spiro atoms. The number of Topliss-reactive ketones (excluding diaryl/α,β-unsaturated/α-hetero) is 1. The van der Waals surface area contributed by atoms with Crippen LogP contribution < -0.4 is 0 Å². The highest BCUT2D eigenvalue weighted by Crippen LogP contribution is 2.36. The Kier molecular flexibility index (Phi) is 7.44. The third-order valence-electron chi connectivity index (χ3n) is 5.92. The minimum Gasteiger partial charge on any atom is -0.465 e. The highest BCUT2D eigenvalue weighted by molar-refractivity contribution is 6.19. The monoisotopic (exact) mass is 481 g/mol. The molecule has 0 fully saturated rings. The molecule has 0 aliphatic rings. The largest absolute Gasteiger partial charge is 0.465 e. The summed E-state index contributed by atoms with van der Waals surface area (Å²) in [7, 11) is 1.24. The van der Waals surface area contributed by atoms with Crippen molar-refractivity contribution in [1.82, 2.24) is 4.57 Å². The van der Waals surface area contributed by atoms with Crippen molar-refractivity contribution in [3.05, 3.63) is 101 Å². The molecule has 0 saturated carbocycles. The Morgan fingerprint density at radius 1 is 0.889 bits per heavy atom. The lowest BCUT2D eigenvalue weighted by molar-refractivity contribution is -0.137. The van der Waals surface area contributed by atoms with Crippen molar-refractivity contribution in [1.29, 1.82) is 0 Å². The molecule has 0 amide bonds. The first-order chi connectivity index (χ1) is 17.4. The predicted molar refractivity (Wildman–Crippen MR) is 140 cm³/mol. The Balaban J connectivity index is 1.88. The maximum atomic E-state index is 13.3. The number of benzene rings is 3. The number of ether oxygens (including phenoxy) is 2. The Morgan fingerprint density at radius 2 is 1.56 bits per heavy atom. The first-order valence-corrected chi connectivity index (χ1v) is 11.7. The summed E-state index contributed by atoms with van der Waals surface area (Å²) in [6.07, 6.45) is 1.50. The topological polar surface area (TPSA) is 74.6 Å². The van der Waals surface area contributed by atoms with Crippen LogP contribution in [0.1, 0.15) is 35.5 Å². The summed E-state index contributed by atoms with van der Waals surface area (Å²) in [6, 6.07) is 25.2. The van der Waals surface area contributed by atoms with E-state index in [-0.39, 0.29) is 18.0 Å². The number of para-hydroxylation sites is 1. The summed E-state index contributed by atoms with van der Waals surface area (Å²) in [5, 5.41) is 0.929. The second kappa shape index (κ2) is 10.9. The van der Waals surface area contributed by atoms with Crippen LogP contribution in [0, 0.1) is 0 Å². The Bertz CT molecular complexity index is 1450. The Hall–Kier alpha value is -4.45. The van der Waals surface area contributed by atoms with Crippen molar-refractivity contribution in [2.45, 2.75) is 20.4 Å². The lowest BCUT2D eigenvalue weighted by atomic mass is 9.99. The molecule has 6 heteroatoms. The van der Waals surface area contributed by atoms with Crippen LogP contribution in [-0.2, 0) is 25.6 Å². The highest BCUT2D eigenvalue weighted by atomic mass is 16.5. The number of esters is 2. The number of carbonyl (C=O) groups excluding carboxylic acids is 3. The van der Waals surface area contributed by atoms with E-state index in [1.165, 1.54) is 20.1 Å². The number of methoxy groups -OCH3 is 1. The van der Waals surface area contributed by atoms with Gasteiger partial charge in [0.05, 0.1) is 13.7 Å².